The lowest BCUT2D eigenvalue weighted by molar-refractivity contribution is 0.115. The Bertz CT molecular complexity index is 350. The molecule has 0 saturated heterocycles. The van der Waals surface area contributed by atoms with Crippen LogP contribution in [0.25, 0.3) is 0 Å². The Hall–Kier alpha value is -0.830. The lowest BCUT2D eigenvalue weighted by Gasteiger charge is -2.26. The largest absolute Gasteiger partial charge is 0.487 e. The highest BCUT2D eigenvalue weighted by Crippen LogP contribution is 2.30. The second-order valence-electron chi connectivity index (χ2n) is 3.37. The quantitative estimate of drug-likeness (QED) is 0.690. The fourth-order valence-electron chi connectivity index (χ4n) is 1.26. The Balaban J connectivity index is 2.19. The van der Waals surface area contributed by atoms with Crippen LogP contribution in [0, 0.1) is 11.6 Å². The number of ether oxygens (including phenoxy) is 1. The molecule has 0 bridgehead atoms. The second-order valence-corrected chi connectivity index (χ2v) is 3.77. The molecule has 4 heteroatoms. The van der Waals surface area contributed by atoms with Gasteiger partial charge in [0.2, 0.25) is 0 Å². The van der Waals surface area contributed by atoms with Crippen molar-refractivity contribution in [2.24, 2.45) is 0 Å². The number of halogens is 3. The Morgan fingerprint density at radius 1 is 1.21 bits per heavy atom. The van der Waals surface area contributed by atoms with Crippen LogP contribution in [-0.2, 0) is 0 Å². The van der Waals surface area contributed by atoms with E-state index in [4.69, 9.17) is 16.3 Å². The fourth-order valence-corrected chi connectivity index (χ4v) is 1.42. The first kappa shape index (κ1) is 9.71. The maximum Gasteiger partial charge on any atom is 0.168 e. The molecule has 1 aliphatic rings. The van der Waals surface area contributed by atoms with Gasteiger partial charge in [-0.05, 0) is 19.3 Å². The smallest absolute Gasteiger partial charge is 0.168 e. The molecule has 76 valence electrons. The zero-order valence-corrected chi connectivity index (χ0v) is 8.15. The van der Waals surface area contributed by atoms with Crippen LogP contribution in [-0.4, -0.2) is 6.10 Å². The van der Waals surface area contributed by atoms with E-state index < -0.39 is 11.6 Å². The first-order valence-electron chi connectivity index (χ1n) is 4.48. The molecule has 1 aromatic carbocycles. The first-order valence-corrected chi connectivity index (χ1v) is 4.86. The third-order valence-corrected chi connectivity index (χ3v) is 2.61. The summed E-state index contributed by atoms with van der Waals surface area (Å²) in [7, 11) is 0. The van der Waals surface area contributed by atoms with Crippen molar-refractivity contribution in [3.05, 3.63) is 28.8 Å². The third kappa shape index (κ3) is 1.82. The van der Waals surface area contributed by atoms with Gasteiger partial charge in [-0.3, -0.25) is 0 Å². The predicted molar refractivity (Wildman–Crippen MR) is 49.6 cm³/mol. The van der Waals surface area contributed by atoms with Crippen LogP contribution < -0.4 is 4.74 Å². The highest BCUT2D eigenvalue weighted by atomic mass is 35.5. The zero-order valence-electron chi connectivity index (χ0n) is 7.40. The van der Waals surface area contributed by atoms with Crippen molar-refractivity contribution in [1.82, 2.24) is 0 Å². The molecule has 1 saturated carbocycles. The van der Waals surface area contributed by atoms with E-state index in [2.05, 4.69) is 0 Å². The van der Waals surface area contributed by atoms with Crippen molar-refractivity contribution in [1.29, 1.82) is 0 Å². The van der Waals surface area contributed by atoms with Gasteiger partial charge in [0.25, 0.3) is 0 Å². The van der Waals surface area contributed by atoms with E-state index in [-0.39, 0.29) is 16.9 Å². The Morgan fingerprint density at radius 2 is 1.93 bits per heavy atom. The molecule has 0 aliphatic heterocycles. The summed E-state index contributed by atoms with van der Waals surface area (Å²) >= 11 is 5.51. The molecule has 0 radical (unpaired) electrons. The van der Waals surface area contributed by atoms with Crippen molar-refractivity contribution in [3.63, 3.8) is 0 Å². The Morgan fingerprint density at radius 3 is 2.50 bits per heavy atom. The average Bonchev–Trinajstić information content (AvgIpc) is 2.06. The summed E-state index contributed by atoms with van der Waals surface area (Å²) in [6.07, 6.45) is 3.01. The number of hydrogen-bond donors (Lipinski definition) is 0. The minimum atomic E-state index is -0.759. The number of hydrogen-bond acceptors (Lipinski definition) is 1. The standard InChI is InChI=1S/C10H9ClF2O/c11-7-4-10(9(13)5-8(7)12)14-6-2-1-3-6/h4-6H,1-3H2. The molecule has 0 aromatic heterocycles. The normalized spacial score (nSPS) is 16.5. The molecular formula is C10H9ClF2O. The molecule has 0 unspecified atom stereocenters. The van der Waals surface area contributed by atoms with Crippen molar-refractivity contribution >= 4 is 11.6 Å². The molecule has 0 amide bonds. The van der Waals surface area contributed by atoms with E-state index in [0.29, 0.717) is 0 Å². The van der Waals surface area contributed by atoms with Crippen LogP contribution in [0.4, 0.5) is 8.78 Å². The number of benzene rings is 1. The maximum atomic E-state index is 13.1. The molecule has 0 spiro atoms. The van der Waals surface area contributed by atoms with Gasteiger partial charge in [-0.2, -0.15) is 0 Å². The van der Waals surface area contributed by atoms with Crippen LogP contribution in [0.2, 0.25) is 5.02 Å². The molecule has 1 aliphatic carbocycles. The molecule has 0 atom stereocenters. The SMILES string of the molecule is Fc1cc(F)c(OC2CCC2)cc1Cl. The van der Waals surface area contributed by atoms with E-state index in [0.717, 1.165) is 25.3 Å². The van der Waals surface area contributed by atoms with E-state index in [1.54, 1.807) is 0 Å². The third-order valence-electron chi connectivity index (χ3n) is 2.32. The molecule has 0 heterocycles. The summed E-state index contributed by atoms with van der Waals surface area (Å²) in [6, 6.07) is 1.93. The van der Waals surface area contributed by atoms with Gasteiger partial charge in [0.15, 0.2) is 11.6 Å². The van der Waals surface area contributed by atoms with E-state index >= 15 is 0 Å². The highest BCUT2D eigenvalue weighted by molar-refractivity contribution is 6.30. The fraction of sp³-hybridized carbons (Fsp3) is 0.400. The van der Waals surface area contributed by atoms with Crippen LogP contribution in [0.1, 0.15) is 19.3 Å². The van der Waals surface area contributed by atoms with Gasteiger partial charge in [0, 0.05) is 12.1 Å². The summed E-state index contributed by atoms with van der Waals surface area (Å²) in [6.45, 7) is 0. The van der Waals surface area contributed by atoms with E-state index in [1.807, 2.05) is 0 Å². The first-order chi connectivity index (χ1) is 6.66. The van der Waals surface area contributed by atoms with Gasteiger partial charge < -0.3 is 4.74 Å². The van der Waals surface area contributed by atoms with Gasteiger partial charge in [0.05, 0.1) is 11.1 Å². The van der Waals surface area contributed by atoms with Crippen LogP contribution in [0.3, 0.4) is 0 Å². The van der Waals surface area contributed by atoms with E-state index in [1.165, 1.54) is 6.07 Å². The minimum absolute atomic E-state index is 0.0427. The molecular weight excluding hydrogens is 210 g/mol. The summed E-state index contributed by atoms with van der Waals surface area (Å²) in [5, 5.41) is -0.110. The summed E-state index contributed by atoms with van der Waals surface area (Å²) in [4.78, 5) is 0. The van der Waals surface area contributed by atoms with Gasteiger partial charge in [0.1, 0.15) is 5.82 Å². The van der Waals surface area contributed by atoms with Crippen molar-refractivity contribution in [2.75, 3.05) is 0 Å². The van der Waals surface area contributed by atoms with Crippen molar-refractivity contribution in [3.8, 4) is 5.75 Å². The van der Waals surface area contributed by atoms with Gasteiger partial charge >= 0.3 is 0 Å². The van der Waals surface area contributed by atoms with Crippen LogP contribution in [0.15, 0.2) is 12.1 Å². The molecule has 0 N–H and O–H groups in total. The second kappa shape index (κ2) is 3.73. The van der Waals surface area contributed by atoms with Crippen LogP contribution in [0.5, 0.6) is 5.75 Å². The van der Waals surface area contributed by atoms with Gasteiger partial charge in [-0.15, -0.1) is 0 Å². The predicted octanol–water partition coefficient (Wildman–Crippen LogP) is 3.55. The van der Waals surface area contributed by atoms with Crippen molar-refractivity contribution < 1.29 is 13.5 Å². The molecule has 1 nitrogen and oxygen atoms in total. The van der Waals surface area contributed by atoms with Crippen LogP contribution >= 0.6 is 11.6 Å². The molecule has 1 aromatic rings. The summed E-state index contributed by atoms with van der Waals surface area (Å²) < 4.78 is 31.2. The number of rotatable bonds is 2. The monoisotopic (exact) mass is 218 g/mol. The lowest BCUT2D eigenvalue weighted by atomic mass is 9.96. The van der Waals surface area contributed by atoms with Crippen molar-refractivity contribution in [2.45, 2.75) is 25.4 Å². The summed E-state index contributed by atoms with van der Waals surface area (Å²) in [5.74, 6) is -1.41. The van der Waals surface area contributed by atoms with Gasteiger partial charge in [-0.1, -0.05) is 11.6 Å². The lowest BCUT2D eigenvalue weighted by Crippen LogP contribution is -2.25. The Labute approximate surface area is 85.6 Å². The molecule has 14 heavy (non-hydrogen) atoms. The maximum absolute atomic E-state index is 13.1. The minimum Gasteiger partial charge on any atom is -0.487 e. The Kier molecular flexibility index (Phi) is 2.59. The molecule has 2 rings (SSSR count). The average molecular weight is 219 g/mol. The topological polar surface area (TPSA) is 9.23 Å². The summed E-state index contributed by atoms with van der Waals surface area (Å²) in [5.41, 5.74) is 0. The van der Waals surface area contributed by atoms with Gasteiger partial charge in [-0.25, -0.2) is 8.78 Å². The zero-order chi connectivity index (χ0) is 10.1. The van der Waals surface area contributed by atoms with E-state index in [9.17, 15) is 8.78 Å². The highest BCUT2D eigenvalue weighted by Gasteiger charge is 2.21. The molecule has 1 fully saturated rings.